The van der Waals surface area contributed by atoms with Crippen molar-refractivity contribution in [1.82, 2.24) is 14.8 Å². The second-order valence-corrected chi connectivity index (χ2v) is 6.83. The van der Waals surface area contributed by atoms with E-state index in [0.29, 0.717) is 31.5 Å². The molecule has 2 aromatic heterocycles. The van der Waals surface area contributed by atoms with Crippen molar-refractivity contribution in [3.8, 4) is 0 Å². The quantitative estimate of drug-likeness (QED) is 0.626. The topological polar surface area (TPSA) is 118 Å². The summed E-state index contributed by atoms with van der Waals surface area (Å²) in [5.41, 5.74) is 5.71. The van der Waals surface area contributed by atoms with Crippen LogP contribution in [0.3, 0.4) is 0 Å². The van der Waals surface area contributed by atoms with E-state index in [1.54, 1.807) is 10.9 Å². The molecule has 0 bridgehead atoms. The molecular weight excluding hydrogens is 370 g/mol. The van der Waals surface area contributed by atoms with Crippen LogP contribution in [0.15, 0.2) is 29.5 Å². The maximum atomic E-state index is 12.6. The first-order valence-electron chi connectivity index (χ1n) is 8.89. The molecule has 1 amide bonds. The lowest BCUT2D eigenvalue weighted by Gasteiger charge is -2.33. The van der Waals surface area contributed by atoms with Gasteiger partial charge < -0.3 is 21.1 Å². The fraction of sp³-hybridized carbons (Fsp3) is 0.444. The van der Waals surface area contributed by atoms with Crippen LogP contribution in [0.25, 0.3) is 0 Å². The Bertz CT molecular complexity index is 839. The summed E-state index contributed by atoms with van der Waals surface area (Å²) in [6.07, 6.45) is 1.60. The van der Waals surface area contributed by atoms with Gasteiger partial charge in [0.15, 0.2) is 5.82 Å². The molecule has 1 fully saturated rings. The lowest BCUT2D eigenvalue weighted by Crippen LogP contribution is -2.32. The molecule has 8 nitrogen and oxygen atoms in total. The predicted molar refractivity (Wildman–Crippen MR) is 100 cm³/mol. The Hall–Kier alpha value is -2.88. The monoisotopic (exact) mass is 392 g/mol. The molecule has 2 heterocycles. The number of nitrogens with one attached hydrogen (secondary N) is 1. The summed E-state index contributed by atoms with van der Waals surface area (Å²) >= 11 is 0. The molecule has 10 heteroatoms. The Morgan fingerprint density at radius 3 is 2.86 bits per heavy atom. The first-order valence-corrected chi connectivity index (χ1v) is 8.89. The van der Waals surface area contributed by atoms with Crippen molar-refractivity contribution in [2.45, 2.75) is 37.8 Å². The van der Waals surface area contributed by atoms with Gasteiger partial charge in [0.2, 0.25) is 0 Å². The van der Waals surface area contributed by atoms with Gasteiger partial charge in [-0.05, 0) is 38.1 Å². The number of rotatable bonds is 7. The van der Waals surface area contributed by atoms with Crippen molar-refractivity contribution in [1.29, 1.82) is 0 Å². The number of carbonyl (C=O) groups is 1. The zero-order valence-electron chi connectivity index (χ0n) is 15.1. The number of halogens is 2. The molecule has 1 aliphatic rings. The molecule has 0 aromatic carbocycles. The average Bonchev–Trinajstić information content (AvgIpc) is 3.06. The Balaban J connectivity index is 1.87. The highest BCUT2D eigenvalue weighted by molar-refractivity contribution is 5.98. The number of nitrogens with zero attached hydrogens (tertiary/aromatic N) is 4. The number of primary amides is 1. The van der Waals surface area contributed by atoms with Crippen molar-refractivity contribution in [2.24, 2.45) is 16.6 Å². The van der Waals surface area contributed by atoms with Crippen LogP contribution in [0.1, 0.15) is 47.8 Å². The zero-order chi connectivity index (χ0) is 20.3. The highest BCUT2D eigenvalue weighted by atomic mass is 19.3. The van der Waals surface area contributed by atoms with Gasteiger partial charge in [0.25, 0.3) is 12.3 Å². The molecule has 0 aliphatic heterocycles. The van der Waals surface area contributed by atoms with E-state index in [2.05, 4.69) is 27.1 Å². The van der Waals surface area contributed by atoms with E-state index < -0.39 is 18.4 Å². The third-order valence-corrected chi connectivity index (χ3v) is 4.89. The van der Waals surface area contributed by atoms with E-state index in [-0.39, 0.29) is 29.0 Å². The number of aliphatic hydroxyl groups excluding tert-OH is 1. The van der Waals surface area contributed by atoms with Gasteiger partial charge in [0.05, 0.1) is 24.0 Å². The normalized spacial score (nSPS) is 22.2. The molecule has 4 N–H and O–H groups in total. The molecule has 1 aliphatic carbocycles. The summed E-state index contributed by atoms with van der Waals surface area (Å²) in [5, 5.41) is 17.3. The van der Waals surface area contributed by atoms with Crippen molar-refractivity contribution in [2.75, 3.05) is 11.9 Å². The number of hydrogen-bond donors (Lipinski definition) is 3. The summed E-state index contributed by atoms with van der Waals surface area (Å²) in [4.78, 5) is 19.5. The highest BCUT2D eigenvalue weighted by Crippen LogP contribution is 2.35. The van der Waals surface area contributed by atoms with Crippen molar-refractivity contribution >= 4 is 24.1 Å². The molecule has 0 saturated heterocycles. The summed E-state index contributed by atoms with van der Waals surface area (Å²) in [7, 11) is 0. The third-order valence-electron chi connectivity index (χ3n) is 4.89. The summed E-state index contributed by atoms with van der Waals surface area (Å²) in [6, 6.07) is 2.56. The summed E-state index contributed by atoms with van der Waals surface area (Å²) < 4.78 is 26.9. The van der Waals surface area contributed by atoms with E-state index >= 15 is 0 Å². The Morgan fingerprint density at radius 1 is 1.46 bits per heavy atom. The van der Waals surface area contributed by atoms with Gasteiger partial charge in [-0.1, -0.05) is 0 Å². The number of amides is 1. The van der Waals surface area contributed by atoms with Crippen LogP contribution in [-0.4, -0.2) is 45.1 Å². The number of anilines is 2. The Labute approximate surface area is 160 Å². The van der Waals surface area contributed by atoms with Gasteiger partial charge in [-0.25, -0.2) is 8.78 Å². The van der Waals surface area contributed by atoms with Gasteiger partial charge in [0, 0.05) is 18.7 Å². The van der Waals surface area contributed by atoms with Crippen LogP contribution < -0.4 is 11.1 Å². The number of pyridine rings is 1. The number of carbonyl (C=O) groups excluding carboxylic acids is 1. The third kappa shape index (κ3) is 4.33. The maximum absolute atomic E-state index is 12.6. The zero-order valence-corrected chi connectivity index (χ0v) is 15.1. The van der Waals surface area contributed by atoms with E-state index in [9.17, 15) is 18.7 Å². The smallest absolute Gasteiger partial charge is 0.280 e. The molecule has 1 saturated carbocycles. The van der Waals surface area contributed by atoms with Crippen molar-refractivity contribution < 1.29 is 18.7 Å². The lowest BCUT2D eigenvalue weighted by atomic mass is 9.83. The Kier molecular flexibility index (Phi) is 5.98. The molecule has 28 heavy (non-hydrogen) atoms. The van der Waals surface area contributed by atoms with E-state index in [1.165, 1.54) is 18.3 Å². The summed E-state index contributed by atoms with van der Waals surface area (Å²) in [6.45, 7) is 3.99. The Morgan fingerprint density at radius 2 is 2.25 bits per heavy atom. The van der Waals surface area contributed by atoms with Gasteiger partial charge >= 0.3 is 0 Å². The van der Waals surface area contributed by atoms with Gasteiger partial charge in [-0.2, -0.15) is 5.10 Å². The number of hydrogen-bond acceptors (Lipinski definition) is 6. The minimum atomic E-state index is -2.66. The highest BCUT2D eigenvalue weighted by Gasteiger charge is 2.32. The van der Waals surface area contributed by atoms with Crippen LogP contribution in [0.5, 0.6) is 0 Å². The van der Waals surface area contributed by atoms with Gasteiger partial charge in [-0.15, -0.1) is 0 Å². The number of nitrogens with two attached hydrogens (primary N) is 1. The molecule has 0 radical (unpaired) electrons. The van der Waals surface area contributed by atoms with E-state index in [4.69, 9.17) is 5.73 Å². The summed E-state index contributed by atoms with van der Waals surface area (Å²) in [5.74, 6) is -0.419. The van der Waals surface area contributed by atoms with Crippen LogP contribution in [-0.2, 0) is 0 Å². The largest absolute Gasteiger partial charge is 0.393 e. The van der Waals surface area contributed by atoms with E-state index in [0.717, 1.165) is 0 Å². The van der Waals surface area contributed by atoms with Crippen LogP contribution >= 0.6 is 0 Å². The fourth-order valence-corrected chi connectivity index (χ4v) is 3.51. The van der Waals surface area contributed by atoms with Crippen LogP contribution in [0, 0.1) is 5.92 Å². The molecule has 3 atom stereocenters. The maximum Gasteiger partial charge on any atom is 0.280 e. The number of aliphatic imine (C=N–C) groups is 1. The minimum Gasteiger partial charge on any atom is -0.393 e. The van der Waals surface area contributed by atoms with Gasteiger partial charge in [0.1, 0.15) is 11.3 Å². The first-order chi connectivity index (χ1) is 13.4. The predicted octanol–water partition coefficient (Wildman–Crippen LogP) is 2.46. The first kappa shape index (κ1) is 19.9. The SMILES string of the molecule is C=NCC1CC(O)CCC1n1cc(C(N)=O)c(Nc2ccc(C(F)F)nc2)n1. The number of alkyl halides is 2. The number of aliphatic hydroxyl groups is 1. The van der Waals surface area contributed by atoms with Gasteiger partial charge in [-0.3, -0.25) is 14.5 Å². The molecule has 0 spiro atoms. The lowest BCUT2D eigenvalue weighted by molar-refractivity contribution is 0.0714. The molecule has 150 valence electrons. The average molecular weight is 392 g/mol. The molecule has 3 rings (SSSR count). The van der Waals surface area contributed by atoms with Crippen molar-refractivity contribution in [3.05, 3.63) is 35.8 Å². The number of aromatic nitrogens is 3. The second-order valence-electron chi connectivity index (χ2n) is 6.83. The van der Waals surface area contributed by atoms with Crippen LogP contribution in [0.4, 0.5) is 20.3 Å². The molecular formula is C18H22F2N6O2. The fourth-order valence-electron chi connectivity index (χ4n) is 3.51. The van der Waals surface area contributed by atoms with E-state index in [1.807, 2.05) is 0 Å². The van der Waals surface area contributed by atoms with Crippen molar-refractivity contribution in [3.63, 3.8) is 0 Å². The minimum absolute atomic E-state index is 0.0294. The molecule has 3 unspecified atom stereocenters. The molecule has 2 aromatic rings. The standard InChI is InChI=1S/C18H22F2N6O2/c1-22-7-10-6-12(27)3-5-15(10)26-9-13(17(21)28)18(25-26)24-11-2-4-14(16(19)20)23-8-11/h2,4,8-10,12,15-16,27H,1,3,5-7H2,(H2,21,28)(H,24,25). The van der Waals surface area contributed by atoms with Crippen LogP contribution in [0.2, 0.25) is 0 Å². The second kappa shape index (κ2) is 8.42.